The van der Waals surface area contributed by atoms with Gasteiger partial charge in [0.25, 0.3) is 0 Å². The topological polar surface area (TPSA) is 3.24 Å². The third kappa shape index (κ3) is 5.33. The quantitative estimate of drug-likeness (QED) is 0.158. The lowest BCUT2D eigenvalue weighted by Gasteiger charge is -2.26. The predicted octanol–water partition coefficient (Wildman–Crippen LogP) is 14.8. The van der Waals surface area contributed by atoms with Gasteiger partial charge in [-0.2, -0.15) is 0 Å². The first-order valence-corrected chi connectivity index (χ1v) is 18.6. The molecule has 0 saturated heterocycles. The molecule has 9 aromatic carbocycles. The molecule has 0 atom stereocenters. The molecule has 0 N–H and O–H groups in total. The number of fused-ring (bicyclic) bond motifs is 7. The van der Waals surface area contributed by atoms with Gasteiger partial charge in [-0.15, -0.1) is 11.3 Å². The lowest BCUT2D eigenvalue weighted by Crippen LogP contribution is -2.09. The molecule has 52 heavy (non-hydrogen) atoms. The van der Waals surface area contributed by atoms with Crippen molar-refractivity contribution in [3.8, 4) is 33.4 Å². The summed E-state index contributed by atoms with van der Waals surface area (Å²) in [6, 6.07) is 72.8. The first-order valence-electron chi connectivity index (χ1n) is 17.8. The number of anilines is 3. The summed E-state index contributed by atoms with van der Waals surface area (Å²) in [7, 11) is 0. The second kappa shape index (κ2) is 12.7. The Bertz CT molecular complexity index is 2770. The van der Waals surface area contributed by atoms with Gasteiger partial charge in [0.1, 0.15) is 0 Å². The molecule has 0 aliphatic rings. The molecule has 10 rings (SSSR count). The highest BCUT2D eigenvalue weighted by Crippen LogP contribution is 2.42. The highest BCUT2D eigenvalue weighted by atomic mass is 32.1. The number of benzene rings is 9. The Kier molecular flexibility index (Phi) is 7.41. The van der Waals surface area contributed by atoms with E-state index >= 15 is 0 Å². The highest BCUT2D eigenvalue weighted by molar-refractivity contribution is 7.26. The van der Waals surface area contributed by atoms with Crippen molar-refractivity contribution in [2.24, 2.45) is 0 Å². The molecule has 2 heteroatoms. The summed E-state index contributed by atoms with van der Waals surface area (Å²) in [5.41, 5.74) is 10.6. The average molecular weight is 680 g/mol. The molecule has 0 unspecified atom stereocenters. The Labute approximate surface area is 307 Å². The maximum Gasteiger partial charge on any atom is 0.0462 e. The van der Waals surface area contributed by atoms with Crippen molar-refractivity contribution in [1.29, 1.82) is 0 Å². The van der Waals surface area contributed by atoms with Crippen LogP contribution in [0.25, 0.3) is 75.1 Å². The number of thiophene rings is 1. The molecule has 0 radical (unpaired) electrons. The number of rotatable bonds is 6. The van der Waals surface area contributed by atoms with Crippen molar-refractivity contribution < 1.29 is 0 Å². The van der Waals surface area contributed by atoms with E-state index in [1.807, 2.05) is 11.3 Å². The lowest BCUT2D eigenvalue weighted by molar-refractivity contribution is 1.28. The molecule has 0 amide bonds. The molecule has 0 bridgehead atoms. The minimum atomic E-state index is 1.11. The fraction of sp³-hybridized carbons (Fsp3) is 0. The van der Waals surface area contributed by atoms with Crippen LogP contribution in [0.3, 0.4) is 0 Å². The van der Waals surface area contributed by atoms with Gasteiger partial charge in [-0.3, -0.25) is 0 Å². The summed E-state index contributed by atoms with van der Waals surface area (Å²) < 4.78 is 2.68. The van der Waals surface area contributed by atoms with Crippen LogP contribution in [0.4, 0.5) is 17.1 Å². The number of hydrogen-bond acceptors (Lipinski definition) is 2. The second-order valence-electron chi connectivity index (χ2n) is 13.3. The fourth-order valence-corrected chi connectivity index (χ4v) is 8.78. The first kappa shape index (κ1) is 30.4. The van der Waals surface area contributed by atoms with E-state index in [1.165, 1.54) is 75.1 Å². The van der Waals surface area contributed by atoms with Crippen LogP contribution in [0, 0.1) is 0 Å². The molecule has 1 nitrogen and oxygen atoms in total. The molecule has 0 aliphatic heterocycles. The summed E-state index contributed by atoms with van der Waals surface area (Å²) in [5.74, 6) is 0. The molecule has 1 aromatic heterocycles. The summed E-state index contributed by atoms with van der Waals surface area (Å²) in [6.07, 6.45) is 0. The zero-order valence-corrected chi connectivity index (χ0v) is 29.2. The van der Waals surface area contributed by atoms with Gasteiger partial charge in [-0.25, -0.2) is 0 Å². The Hall–Kier alpha value is -6.48. The van der Waals surface area contributed by atoms with Gasteiger partial charge >= 0.3 is 0 Å². The summed E-state index contributed by atoms with van der Waals surface area (Å²) >= 11 is 1.88. The van der Waals surface area contributed by atoms with E-state index in [1.54, 1.807) is 0 Å². The molecular weight excluding hydrogens is 647 g/mol. The fourth-order valence-electron chi connectivity index (χ4n) is 7.67. The van der Waals surface area contributed by atoms with Crippen molar-refractivity contribution >= 4 is 70.1 Å². The van der Waals surface area contributed by atoms with Crippen molar-refractivity contribution in [3.63, 3.8) is 0 Å². The minimum Gasteiger partial charge on any atom is -0.311 e. The Morgan fingerprint density at radius 1 is 0.288 bits per heavy atom. The third-order valence-corrected chi connectivity index (χ3v) is 11.4. The smallest absolute Gasteiger partial charge is 0.0462 e. The van der Waals surface area contributed by atoms with Crippen LogP contribution in [0.5, 0.6) is 0 Å². The standard InChI is InChI=1S/C50H33NS/c1-3-9-34(10-4-1)36-17-25-42(26-18-36)51(43-27-19-37(20-28-43)35-11-5-2-6-12-35)44-29-21-38(22-30-44)40-23-31-45-41(33-40)16-15-39-24-32-48-50(49(39)45)46-13-7-8-14-47(46)52-48/h1-33H. The Balaban J connectivity index is 1.03. The number of hydrogen-bond donors (Lipinski definition) is 0. The normalized spacial score (nSPS) is 11.5. The predicted molar refractivity (Wildman–Crippen MR) is 225 cm³/mol. The first-order chi connectivity index (χ1) is 25.8. The van der Waals surface area contributed by atoms with Gasteiger partial charge in [0.2, 0.25) is 0 Å². The van der Waals surface area contributed by atoms with Crippen molar-refractivity contribution in [1.82, 2.24) is 0 Å². The number of nitrogens with zero attached hydrogens (tertiary/aromatic N) is 1. The Morgan fingerprint density at radius 2 is 0.750 bits per heavy atom. The third-order valence-electron chi connectivity index (χ3n) is 10.3. The van der Waals surface area contributed by atoms with Crippen molar-refractivity contribution in [2.75, 3.05) is 4.90 Å². The summed E-state index contributed by atoms with van der Waals surface area (Å²) in [5, 5.41) is 7.91. The molecule has 0 fully saturated rings. The summed E-state index contributed by atoms with van der Waals surface area (Å²) in [6.45, 7) is 0. The van der Waals surface area contributed by atoms with Gasteiger partial charge in [-0.05, 0) is 110 Å². The highest BCUT2D eigenvalue weighted by Gasteiger charge is 2.15. The molecule has 1 heterocycles. The molecular formula is C50H33NS. The van der Waals surface area contributed by atoms with Crippen LogP contribution >= 0.6 is 11.3 Å². The van der Waals surface area contributed by atoms with Crippen LogP contribution in [0.1, 0.15) is 0 Å². The van der Waals surface area contributed by atoms with Gasteiger partial charge < -0.3 is 4.90 Å². The van der Waals surface area contributed by atoms with Crippen LogP contribution < -0.4 is 4.90 Å². The van der Waals surface area contributed by atoms with E-state index in [4.69, 9.17) is 0 Å². The van der Waals surface area contributed by atoms with Crippen LogP contribution in [0.2, 0.25) is 0 Å². The SMILES string of the molecule is c1ccc(-c2ccc(N(c3ccc(-c4ccccc4)cc3)c3ccc(-c4ccc5c(ccc6ccc7sc8ccccc8c7c65)c4)cc3)cc2)cc1. The molecule has 0 aliphatic carbocycles. The molecule has 0 spiro atoms. The van der Waals surface area contributed by atoms with Gasteiger partial charge in [0, 0.05) is 37.2 Å². The van der Waals surface area contributed by atoms with Crippen molar-refractivity contribution in [2.45, 2.75) is 0 Å². The molecule has 244 valence electrons. The maximum atomic E-state index is 2.35. The van der Waals surface area contributed by atoms with E-state index in [0.717, 1.165) is 17.1 Å². The van der Waals surface area contributed by atoms with E-state index in [0.29, 0.717) is 0 Å². The maximum absolute atomic E-state index is 2.35. The van der Waals surface area contributed by atoms with Crippen LogP contribution in [-0.4, -0.2) is 0 Å². The summed E-state index contributed by atoms with van der Waals surface area (Å²) in [4.78, 5) is 2.34. The zero-order chi connectivity index (χ0) is 34.4. The van der Waals surface area contributed by atoms with E-state index in [-0.39, 0.29) is 0 Å². The van der Waals surface area contributed by atoms with Gasteiger partial charge in [0.15, 0.2) is 0 Å². The van der Waals surface area contributed by atoms with Crippen molar-refractivity contribution in [3.05, 3.63) is 200 Å². The monoisotopic (exact) mass is 679 g/mol. The largest absolute Gasteiger partial charge is 0.311 e. The lowest BCUT2D eigenvalue weighted by atomic mass is 9.95. The van der Waals surface area contributed by atoms with Gasteiger partial charge in [-0.1, -0.05) is 146 Å². The second-order valence-corrected chi connectivity index (χ2v) is 14.4. The Morgan fingerprint density at radius 3 is 1.35 bits per heavy atom. The zero-order valence-electron chi connectivity index (χ0n) is 28.4. The van der Waals surface area contributed by atoms with Crippen LogP contribution in [-0.2, 0) is 0 Å². The minimum absolute atomic E-state index is 1.11. The van der Waals surface area contributed by atoms with E-state index < -0.39 is 0 Å². The van der Waals surface area contributed by atoms with E-state index in [9.17, 15) is 0 Å². The molecule has 10 aromatic rings. The average Bonchev–Trinajstić information content (AvgIpc) is 3.61. The van der Waals surface area contributed by atoms with Crippen LogP contribution in [0.15, 0.2) is 200 Å². The van der Waals surface area contributed by atoms with Gasteiger partial charge in [0.05, 0.1) is 0 Å². The van der Waals surface area contributed by atoms with E-state index in [2.05, 4.69) is 205 Å². The molecule has 0 saturated carbocycles.